The highest BCUT2D eigenvalue weighted by atomic mass is 16.7. The first-order valence-electron chi connectivity index (χ1n) is 50.1. The quantitative estimate of drug-likeness (QED) is 0.0261. The zero-order valence-electron chi connectivity index (χ0n) is 86.7. The van der Waals surface area contributed by atoms with E-state index in [9.17, 15) is 25.2 Å². The molecule has 0 fully saturated rings. The first-order valence-corrected chi connectivity index (χ1v) is 50.1. The van der Waals surface area contributed by atoms with Gasteiger partial charge in [0.25, 0.3) is 0 Å². The lowest BCUT2D eigenvalue weighted by Gasteiger charge is -2.30. The number of hydrogen-bond acceptors (Lipinski definition) is 19. The summed E-state index contributed by atoms with van der Waals surface area (Å²) >= 11 is 0. The van der Waals surface area contributed by atoms with Crippen molar-refractivity contribution >= 4 is 17.5 Å². The van der Waals surface area contributed by atoms with E-state index in [1.165, 1.54) is 22.3 Å². The second kappa shape index (κ2) is 49.4. The number of aliphatic hydroxyl groups excluding tert-OH is 4. The number of rotatable bonds is 50. The number of anilines is 2. The van der Waals surface area contributed by atoms with Gasteiger partial charge in [-0.15, -0.1) is 0 Å². The molecule has 14 aromatic carbocycles. The monoisotopic (exact) mass is 1960 g/mol. The summed E-state index contributed by atoms with van der Waals surface area (Å²) < 4.78 is 73.5. The number of carbonyl (C=O) groups excluding carboxylic acids is 1. The number of hydrogen-bond donors (Lipinski definition) is 4. The summed E-state index contributed by atoms with van der Waals surface area (Å²) in [7, 11) is 3.33. The number of carbonyl (C=O) groups is 1. The Morgan fingerprint density at radius 1 is 0.234 bits per heavy atom. The average molecular weight is 1960 g/mol. The summed E-state index contributed by atoms with van der Waals surface area (Å²) in [6.45, 7) is 30.5. The molecule has 19 heteroatoms. The van der Waals surface area contributed by atoms with Crippen LogP contribution >= 0.6 is 0 Å². The van der Waals surface area contributed by atoms with Crippen molar-refractivity contribution in [2.45, 2.75) is 173 Å². The Balaban J connectivity index is 0.575. The van der Waals surface area contributed by atoms with Crippen LogP contribution < -0.4 is 57.2 Å². The van der Waals surface area contributed by atoms with Crippen molar-refractivity contribution in [2.24, 2.45) is 0 Å². The van der Waals surface area contributed by atoms with Gasteiger partial charge in [-0.05, 0) is 257 Å². The average Bonchev–Trinajstić information content (AvgIpc) is 0.806. The van der Waals surface area contributed by atoms with Gasteiger partial charge in [0, 0.05) is 59.2 Å². The molecule has 14 aromatic rings. The third kappa shape index (κ3) is 30.5. The van der Waals surface area contributed by atoms with Crippen LogP contribution in [-0.4, -0.2) is 156 Å². The molecule has 0 saturated carbocycles. The third-order valence-electron chi connectivity index (χ3n) is 27.2. The van der Waals surface area contributed by atoms with Crippen molar-refractivity contribution in [1.82, 2.24) is 0 Å². The van der Waals surface area contributed by atoms with Gasteiger partial charge in [-0.25, -0.2) is 4.79 Å². The Bertz CT molecular complexity index is 6320. The summed E-state index contributed by atoms with van der Waals surface area (Å²) in [6.07, 6.45) is -4.97. The fraction of sp³-hybridized carbons (Fsp3) is 0.325. The van der Waals surface area contributed by atoms with Gasteiger partial charge >= 0.3 is 6.16 Å². The second-order valence-corrected chi connectivity index (χ2v) is 41.0. The van der Waals surface area contributed by atoms with Gasteiger partial charge in [0.05, 0.1) is 14.2 Å². The van der Waals surface area contributed by atoms with Crippen LogP contribution in [0.5, 0.6) is 57.5 Å². The fourth-order valence-corrected chi connectivity index (χ4v) is 17.6. The van der Waals surface area contributed by atoms with Crippen LogP contribution in [0.4, 0.5) is 16.2 Å². The molecule has 145 heavy (non-hydrogen) atoms. The highest BCUT2D eigenvalue weighted by Crippen LogP contribution is 2.40. The molecule has 0 aliphatic carbocycles. The molecule has 758 valence electrons. The Hall–Kier alpha value is -14.2. The van der Waals surface area contributed by atoms with Gasteiger partial charge in [-0.2, -0.15) is 0 Å². The lowest BCUT2D eigenvalue weighted by atomic mass is 9.78. The largest absolute Gasteiger partial charge is 0.509 e. The van der Waals surface area contributed by atoms with E-state index >= 15 is 0 Å². The highest BCUT2D eigenvalue weighted by Gasteiger charge is 2.32. The zero-order valence-corrected chi connectivity index (χ0v) is 86.7. The predicted molar refractivity (Wildman–Crippen MR) is 578 cm³/mol. The van der Waals surface area contributed by atoms with Gasteiger partial charge in [0.2, 0.25) is 0 Å². The lowest BCUT2D eigenvalue weighted by molar-refractivity contribution is -0.0436. The van der Waals surface area contributed by atoms with Gasteiger partial charge < -0.3 is 87.1 Å². The molecule has 6 unspecified atom stereocenters. The maximum absolute atomic E-state index is 14.3. The van der Waals surface area contributed by atoms with Crippen LogP contribution in [0.1, 0.15) is 165 Å². The van der Waals surface area contributed by atoms with E-state index in [1.807, 2.05) is 235 Å². The predicted octanol–water partition coefficient (Wildman–Crippen LogP) is 24.3. The molecule has 0 spiro atoms. The number of aliphatic hydroxyl groups is 4. The maximum Gasteiger partial charge on any atom is 0.509 e. The Kier molecular flexibility index (Phi) is 36.3. The fourth-order valence-electron chi connectivity index (χ4n) is 17.6. The molecule has 19 nitrogen and oxygen atoms in total. The van der Waals surface area contributed by atoms with E-state index in [0.29, 0.717) is 46.0 Å². The van der Waals surface area contributed by atoms with Crippen LogP contribution in [0.3, 0.4) is 0 Å². The van der Waals surface area contributed by atoms with Crippen molar-refractivity contribution < 1.29 is 82.1 Å². The molecule has 6 atom stereocenters. The van der Waals surface area contributed by atoms with Crippen LogP contribution in [0.25, 0.3) is 0 Å². The molecule has 0 aliphatic heterocycles. The maximum atomic E-state index is 14.3. The summed E-state index contributed by atoms with van der Waals surface area (Å²) in [6, 6.07) is 113. The Morgan fingerprint density at radius 3 is 0.607 bits per heavy atom. The van der Waals surface area contributed by atoms with Gasteiger partial charge in [0.1, 0.15) is 135 Å². The molecule has 0 amide bonds. The van der Waals surface area contributed by atoms with E-state index in [2.05, 4.69) is 211 Å². The topological polar surface area (TPSA) is 215 Å². The highest BCUT2D eigenvalue weighted by molar-refractivity contribution is 5.61. The van der Waals surface area contributed by atoms with Gasteiger partial charge in [-0.3, -0.25) is 0 Å². The Morgan fingerprint density at radius 2 is 0.407 bits per heavy atom. The van der Waals surface area contributed by atoms with Gasteiger partial charge in [-0.1, -0.05) is 287 Å². The van der Waals surface area contributed by atoms with E-state index < -0.39 is 53.6 Å². The minimum atomic E-state index is -0.968. The van der Waals surface area contributed by atoms with Crippen LogP contribution in [0, 0.1) is 20.8 Å². The summed E-state index contributed by atoms with van der Waals surface area (Å²) in [5, 5.41) is 46.7. The first-order chi connectivity index (χ1) is 69.5. The normalized spacial score (nSPS) is 13.1. The number of nitrogens with zero attached hydrogens (tertiary/aromatic N) is 2. The Labute approximate surface area is 857 Å². The van der Waals surface area contributed by atoms with Crippen molar-refractivity contribution in [3.63, 3.8) is 0 Å². The molecule has 14 rings (SSSR count). The van der Waals surface area contributed by atoms with Crippen LogP contribution in [-0.2, 0) is 49.4 Å². The lowest BCUT2D eigenvalue weighted by Crippen LogP contribution is -2.41. The van der Waals surface area contributed by atoms with Crippen molar-refractivity contribution in [2.75, 3.05) is 103 Å². The minimum absolute atomic E-state index is 0.00118. The van der Waals surface area contributed by atoms with E-state index in [0.717, 1.165) is 102 Å². The number of aryl methyl sites for hydroxylation is 3. The van der Waals surface area contributed by atoms with Crippen LogP contribution in [0.2, 0.25) is 0 Å². The standard InChI is InChI=1S/C126H142N2O17/c1-87-17-23-90(24-18-87)73-92-27-49-103(50-28-92)127(75-105(129)79-136-112-61-37-97(38-62-112)123(7,8)95-33-55-109(134-15)56-34-95)77-107(131)81-138-114-65-41-99(42-66-114)125(11,12)101-45-69-117(70-46-101)142-85-119(83-140-111-53-21-89(3)22-54-111)144-121(133)145-120(84-141-116-59-31-94(32-60-116)122(4,5)6)86-143-118-71-47-102(48-72-118)126(13,14)100-43-67-115(68-44-100)139-82-108(132)78-128(104-51-29-93(30-52-104)74-91-25-19-88(2)20-26-91)76-106(130)80-137-113-63-39-98(40-64-113)124(9,10)96-35-57-110(135-16)58-36-96/h17-72,105-108,119-120,129-132H,73-86H2,1-16H3. The number of methoxy groups -OCH3 is 2. The van der Waals surface area contributed by atoms with Crippen molar-refractivity contribution in [3.8, 4) is 57.5 Å². The molecular formula is C126H142N2O17. The first kappa shape index (κ1) is 107. The summed E-state index contributed by atoms with van der Waals surface area (Å²) in [4.78, 5) is 18.3. The van der Waals surface area contributed by atoms with Crippen LogP contribution in [0.15, 0.2) is 340 Å². The molecule has 0 bridgehead atoms. The molecule has 0 heterocycles. The molecule has 0 aliphatic rings. The SMILES string of the molecule is COc1ccc(C(C)(C)c2ccc(OCC(O)CN(CC(O)COc3ccc(C(C)(C)c4ccc(OCC(COc5ccc(C)cc5)OC(=O)OC(COc5ccc(C(C)(C)C)cc5)COc5ccc(C(C)(C)c6ccc(OCC(O)CN(CC(O)COc7ccc(C(C)(C)c8ccc(OC)cc8)cc7)c7ccc(Cc8ccc(C)cc8)cc7)cc6)cc5)cc4)cc3)c3ccc(Cc4ccc(C)cc4)cc3)cc2)cc1. The summed E-state index contributed by atoms with van der Waals surface area (Å²) in [5.74, 6) is 6.34. The summed E-state index contributed by atoms with van der Waals surface area (Å²) in [5.41, 5.74) is 18.1. The third-order valence-corrected chi connectivity index (χ3v) is 27.2. The zero-order chi connectivity index (χ0) is 103. The van der Waals surface area contributed by atoms with Crippen molar-refractivity contribution in [3.05, 3.63) is 429 Å². The molecular weight excluding hydrogens is 1810 g/mol. The molecule has 0 aromatic heterocycles. The van der Waals surface area contributed by atoms with E-state index in [-0.39, 0.29) is 95.3 Å². The molecule has 0 radical (unpaired) electrons. The van der Waals surface area contributed by atoms with E-state index in [1.54, 1.807) is 14.2 Å². The van der Waals surface area contributed by atoms with E-state index in [4.69, 9.17) is 56.8 Å². The second-order valence-electron chi connectivity index (χ2n) is 41.0. The number of benzene rings is 14. The van der Waals surface area contributed by atoms with Crippen molar-refractivity contribution in [1.29, 1.82) is 0 Å². The molecule has 0 saturated heterocycles. The van der Waals surface area contributed by atoms with Gasteiger partial charge in [0.15, 0.2) is 12.2 Å². The molecule has 4 N–H and O–H groups in total. The minimum Gasteiger partial charge on any atom is -0.497 e. The smallest absolute Gasteiger partial charge is 0.497 e. The number of ether oxygens (including phenoxy) is 12.